The van der Waals surface area contributed by atoms with Crippen LogP contribution in [0, 0.1) is 0 Å². The van der Waals surface area contributed by atoms with Crippen molar-refractivity contribution in [3.63, 3.8) is 0 Å². The molecule has 1 aliphatic heterocycles. The average Bonchev–Trinajstić information content (AvgIpc) is 2.81. The van der Waals surface area contributed by atoms with Crippen LogP contribution in [-0.4, -0.2) is 39.6 Å². The fourth-order valence-electron chi connectivity index (χ4n) is 1.90. The van der Waals surface area contributed by atoms with Gasteiger partial charge in [0.2, 0.25) is 5.76 Å². The molecule has 1 amide bonds. The maximum absolute atomic E-state index is 11.9. The van der Waals surface area contributed by atoms with E-state index in [0.717, 1.165) is 12.8 Å². The summed E-state index contributed by atoms with van der Waals surface area (Å²) in [5.41, 5.74) is 0. The molecule has 0 radical (unpaired) electrons. The minimum absolute atomic E-state index is 0.0909. The first kappa shape index (κ1) is 10.7. The molecule has 16 heavy (non-hydrogen) atoms. The van der Waals surface area contributed by atoms with Crippen LogP contribution < -0.4 is 0 Å². The highest BCUT2D eigenvalue weighted by Gasteiger charge is 2.33. The zero-order valence-electron chi connectivity index (χ0n) is 8.63. The molecule has 6 heteroatoms. The molecule has 0 unspecified atom stereocenters. The number of hydrogen-bond acceptors (Lipinski definition) is 4. The minimum atomic E-state index is -0.965. The van der Waals surface area contributed by atoms with Crippen LogP contribution in [0.4, 0.5) is 0 Å². The van der Waals surface area contributed by atoms with Crippen LogP contribution in [0.15, 0.2) is 16.8 Å². The quantitative estimate of drug-likeness (QED) is 0.801. The zero-order chi connectivity index (χ0) is 11.5. The van der Waals surface area contributed by atoms with Crippen molar-refractivity contribution in [1.29, 1.82) is 0 Å². The van der Waals surface area contributed by atoms with Crippen LogP contribution in [0.2, 0.25) is 0 Å². The second kappa shape index (κ2) is 4.34. The summed E-state index contributed by atoms with van der Waals surface area (Å²) in [5.74, 6) is -1.27. The van der Waals surface area contributed by atoms with Crippen molar-refractivity contribution < 1.29 is 19.2 Å². The normalized spacial score (nSPS) is 20.8. The molecule has 0 bridgehead atoms. The lowest BCUT2D eigenvalue weighted by molar-refractivity contribution is -0.143. The van der Waals surface area contributed by atoms with E-state index in [-0.39, 0.29) is 5.76 Å². The molecule has 0 aromatic carbocycles. The number of carbonyl (C=O) groups is 2. The summed E-state index contributed by atoms with van der Waals surface area (Å²) in [7, 11) is 0. The molecule has 1 aromatic rings. The van der Waals surface area contributed by atoms with Crippen LogP contribution in [0.25, 0.3) is 0 Å². The number of nitrogens with zero attached hydrogens (tertiary/aromatic N) is 2. The van der Waals surface area contributed by atoms with E-state index in [1.54, 1.807) is 0 Å². The van der Waals surface area contributed by atoms with Crippen LogP contribution >= 0.6 is 0 Å². The molecular formula is C10H12N2O4. The van der Waals surface area contributed by atoms with Crippen molar-refractivity contribution in [2.75, 3.05) is 6.54 Å². The number of aromatic nitrogens is 1. The van der Waals surface area contributed by atoms with E-state index in [1.807, 2.05) is 0 Å². The number of amides is 1. The molecule has 0 aliphatic carbocycles. The summed E-state index contributed by atoms with van der Waals surface area (Å²) in [6.45, 7) is 0.455. The largest absolute Gasteiger partial charge is 0.480 e. The molecule has 1 aromatic heterocycles. The number of piperidine rings is 1. The molecule has 0 saturated carbocycles. The van der Waals surface area contributed by atoms with Crippen molar-refractivity contribution in [3.8, 4) is 0 Å². The first-order valence-electron chi connectivity index (χ1n) is 5.14. The van der Waals surface area contributed by atoms with Gasteiger partial charge in [-0.25, -0.2) is 4.79 Å². The molecular weight excluding hydrogens is 212 g/mol. The van der Waals surface area contributed by atoms with Gasteiger partial charge in [-0.05, 0) is 19.3 Å². The lowest BCUT2D eigenvalue weighted by Crippen LogP contribution is -2.47. The third kappa shape index (κ3) is 1.91. The first-order valence-corrected chi connectivity index (χ1v) is 5.14. The van der Waals surface area contributed by atoms with Gasteiger partial charge in [0, 0.05) is 12.6 Å². The predicted molar refractivity (Wildman–Crippen MR) is 52.8 cm³/mol. The van der Waals surface area contributed by atoms with E-state index in [2.05, 4.69) is 5.16 Å². The monoisotopic (exact) mass is 224 g/mol. The summed E-state index contributed by atoms with van der Waals surface area (Å²) in [4.78, 5) is 24.2. The Morgan fingerprint density at radius 2 is 2.31 bits per heavy atom. The van der Waals surface area contributed by atoms with Crippen molar-refractivity contribution in [1.82, 2.24) is 10.1 Å². The molecule has 1 aliphatic rings. The number of carbonyl (C=O) groups excluding carboxylic acids is 1. The van der Waals surface area contributed by atoms with Gasteiger partial charge in [-0.1, -0.05) is 5.16 Å². The van der Waals surface area contributed by atoms with Crippen LogP contribution in [-0.2, 0) is 4.79 Å². The molecule has 2 rings (SSSR count). The van der Waals surface area contributed by atoms with E-state index >= 15 is 0 Å². The molecule has 0 spiro atoms. The number of hydrogen-bond donors (Lipinski definition) is 1. The molecule has 1 fully saturated rings. The summed E-state index contributed by atoms with van der Waals surface area (Å²) in [6.07, 6.45) is 3.52. The Labute approximate surface area is 91.8 Å². The van der Waals surface area contributed by atoms with Gasteiger partial charge in [-0.3, -0.25) is 4.79 Å². The SMILES string of the molecule is O=C(O)[C@@H]1CCCCN1C(=O)c1ccno1. The van der Waals surface area contributed by atoms with E-state index < -0.39 is 17.9 Å². The number of likely N-dealkylation sites (tertiary alicyclic amines) is 1. The third-order valence-electron chi connectivity index (χ3n) is 2.70. The smallest absolute Gasteiger partial charge is 0.326 e. The molecule has 1 saturated heterocycles. The summed E-state index contributed by atoms with van der Waals surface area (Å²) in [5, 5.41) is 12.5. The molecule has 6 nitrogen and oxygen atoms in total. The van der Waals surface area contributed by atoms with E-state index in [0.29, 0.717) is 13.0 Å². The van der Waals surface area contributed by atoms with Gasteiger partial charge < -0.3 is 14.5 Å². The van der Waals surface area contributed by atoms with Crippen LogP contribution in [0.3, 0.4) is 0 Å². The number of carboxylic acids is 1. The van der Waals surface area contributed by atoms with Gasteiger partial charge in [0.25, 0.3) is 5.91 Å². The zero-order valence-corrected chi connectivity index (χ0v) is 8.63. The molecule has 86 valence electrons. The lowest BCUT2D eigenvalue weighted by Gasteiger charge is -2.31. The Balaban J connectivity index is 2.17. The van der Waals surface area contributed by atoms with E-state index in [9.17, 15) is 9.59 Å². The van der Waals surface area contributed by atoms with Crippen molar-refractivity contribution in [2.45, 2.75) is 25.3 Å². The Bertz CT molecular complexity index is 388. The number of carboxylic acid groups (broad SMARTS) is 1. The van der Waals surface area contributed by atoms with Gasteiger partial charge in [0.15, 0.2) is 0 Å². The Kier molecular flexibility index (Phi) is 2.89. The topological polar surface area (TPSA) is 83.6 Å². The standard InChI is InChI=1S/C10H12N2O4/c13-9(8-4-5-11-16-8)12-6-2-1-3-7(12)10(14)15/h4-5,7H,1-3,6H2,(H,14,15)/t7-/m0/s1. The first-order chi connectivity index (χ1) is 7.70. The van der Waals surface area contributed by atoms with E-state index in [1.165, 1.54) is 17.2 Å². The molecule has 1 atom stereocenters. The maximum Gasteiger partial charge on any atom is 0.326 e. The lowest BCUT2D eigenvalue weighted by atomic mass is 10.0. The van der Waals surface area contributed by atoms with Crippen LogP contribution in [0.1, 0.15) is 29.8 Å². The number of aliphatic carboxylic acids is 1. The van der Waals surface area contributed by atoms with Gasteiger partial charge in [-0.15, -0.1) is 0 Å². The molecule has 1 N–H and O–H groups in total. The summed E-state index contributed by atoms with van der Waals surface area (Å²) >= 11 is 0. The van der Waals surface area contributed by atoms with Crippen molar-refractivity contribution >= 4 is 11.9 Å². The minimum Gasteiger partial charge on any atom is -0.480 e. The Morgan fingerprint density at radius 1 is 1.50 bits per heavy atom. The van der Waals surface area contributed by atoms with Crippen molar-refractivity contribution in [2.24, 2.45) is 0 Å². The van der Waals surface area contributed by atoms with Crippen molar-refractivity contribution in [3.05, 3.63) is 18.0 Å². The highest BCUT2D eigenvalue weighted by Crippen LogP contribution is 2.19. The Morgan fingerprint density at radius 3 is 2.94 bits per heavy atom. The van der Waals surface area contributed by atoms with Gasteiger partial charge in [0.1, 0.15) is 6.04 Å². The van der Waals surface area contributed by atoms with E-state index in [4.69, 9.17) is 9.63 Å². The highest BCUT2D eigenvalue weighted by atomic mass is 16.5. The fraction of sp³-hybridized carbons (Fsp3) is 0.500. The van der Waals surface area contributed by atoms with Gasteiger partial charge in [-0.2, -0.15) is 0 Å². The third-order valence-corrected chi connectivity index (χ3v) is 2.70. The Hall–Kier alpha value is -1.85. The second-order valence-corrected chi connectivity index (χ2v) is 3.73. The van der Waals surface area contributed by atoms with Gasteiger partial charge >= 0.3 is 5.97 Å². The number of rotatable bonds is 2. The maximum atomic E-state index is 11.9. The predicted octanol–water partition coefficient (Wildman–Crippen LogP) is 0.754. The summed E-state index contributed by atoms with van der Waals surface area (Å²) in [6, 6.07) is 0.696. The fourth-order valence-corrected chi connectivity index (χ4v) is 1.90. The highest BCUT2D eigenvalue weighted by molar-refractivity contribution is 5.94. The van der Waals surface area contributed by atoms with Crippen LogP contribution in [0.5, 0.6) is 0 Å². The average molecular weight is 224 g/mol. The molecule has 2 heterocycles. The summed E-state index contributed by atoms with van der Waals surface area (Å²) < 4.78 is 4.74. The van der Waals surface area contributed by atoms with Gasteiger partial charge in [0.05, 0.1) is 6.20 Å². The second-order valence-electron chi connectivity index (χ2n) is 3.73.